The standard InChI is InChI=1S/C30H31ClN6O6S/c1-20-19-34(14-15-35(20)29(39)24-13-10-22(37(40)41)18-25(24)31)27(38)7-3-4-17-44-30-33-32-28(26-6-5-16-43-26)36(30)21-8-11-23(42-2)12-9-21/h5-6,8-13,16,18,20H,3-4,7,14-15,17,19H2,1-2H3. The molecule has 4 aromatic rings. The molecule has 1 saturated heterocycles. The first kappa shape index (κ1) is 31.1. The number of aromatic nitrogens is 3. The molecule has 1 unspecified atom stereocenters. The highest BCUT2D eigenvalue weighted by Gasteiger charge is 2.31. The third-order valence-electron chi connectivity index (χ3n) is 7.36. The van der Waals surface area contributed by atoms with E-state index in [9.17, 15) is 19.7 Å². The molecule has 0 spiro atoms. The first-order valence-electron chi connectivity index (χ1n) is 14.1. The van der Waals surface area contributed by atoms with Gasteiger partial charge in [0.25, 0.3) is 11.6 Å². The molecular formula is C30H31ClN6O6S. The summed E-state index contributed by atoms with van der Waals surface area (Å²) in [5, 5.41) is 20.5. The Hall–Kier alpha value is -4.36. The predicted octanol–water partition coefficient (Wildman–Crippen LogP) is 5.73. The molecule has 2 aromatic heterocycles. The Labute approximate surface area is 263 Å². The normalized spacial score (nSPS) is 14.9. The van der Waals surface area contributed by atoms with Crippen LogP contribution in [0.4, 0.5) is 5.69 Å². The van der Waals surface area contributed by atoms with E-state index in [1.807, 2.05) is 41.8 Å². The topological polar surface area (TPSA) is 137 Å². The minimum Gasteiger partial charge on any atom is -0.497 e. The summed E-state index contributed by atoms with van der Waals surface area (Å²) in [6.07, 6.45) is 3.51. The number of furan rings is 1. The van der Waals surface area contributed by atoms with Gasteiger partial charge >= 0.3 is 0 Å². The fraction of sp³-hybridized carbons (Fsp3) is 0.333. The predicted molar refractivity (Wildman–Crippen MR) is 165 cm³/mol. The van der Waals surface area contributed by atoms with Gasteiger partial charge in [-0.2, -0.15) is 0 Å². The Balaban J connectivity index is 1.12. The number of nitro benzene ring substituents is 1. The Morgan fingerprint density at radius 1 is 1.14 bits per heavy atom. The van der Waals surface area contributed by atoms with Gasteiger partial charge in [0.05, 0.1) is 34.6 Å². The molecule has 1 atom stereocenters. The van der Waals surface area contributed by atoms with Crippen LogP contribution in [0.15, 0.2) is 70.4 Å². The van der Waals surface area contributed by atoms with Gasteiger partial charge in [0, 0.05) is 50.0 Å². The highest BCUT2D eigenvalue weighted by atomic mass is 35.5. The van der Waals surface area contributed by atoms with Crippen molar-refractivity contribution in [2.75, 3.05) is 32.5 Å². The number of amides is 2. The van der Waals surface area contributed by atoms with E-state index < -0.39 is 4.92 Å². The summed E-state index contributed by atoms with van der Waals surface area (Å²) < 4.78 is 12.8. The largest absolute Gasteiger partial charge is 0.497 e. The Morgan fingerprint density at radius 2 is 1.93 bits per heavy atom. The van der Waals surface area contributed by atoms with Gasteiger partial charge in [-0.05, 0) is 62.2 Å². The van der Waals surface area contributed by atoms with Crippen molar-refractivity contribution in [1.82, 2.24) is 24.6 Å². The summed E-state index contributed by atoms with van der Waals surface area (Å²) in [5.74, 6) is 2.44. The SMILES string of the molecule is COc1ccc(-n2c(SCCCCC(=O)N3CCN(C(=O)c4ccc([N+](=O)[O-])cc4Cl)C(C)C3)nnc2-c2ccco2)cc1. The van der Waals surface area contributed by atoms with E-state index in [2.05, 4.69) is 10.2 Å². The molecule has 1 aliphatic heterocycles. The number of benzene rings is 2. The van der Waals surface area contributed by atoms with Crippen LogP contribution in [-0.4, -0.2) is 79.8 Å². The molecular weight excluding hydrogens is 608 g/mol. The zero-order chi connectivity index (χ0) is 31.2. The Kier molecular flexibility index (Phi) is 9.85. The second kappa shape index (κ2) is 14.0. The number of thioether (sulfide) groups is 1. The fourth-order valence-electron chi connectivity index (χ4n) is 5.02. The second-order valence-electron chi connectivity index (χ2n) is 10.2. The highest BCUT2D eigenvalue weighted by Crippen LogP contribution is 2.30. The highest BCUT2D eigenvalue weighted by molar-refractivity contribution is 7.99. The number of non-ortho nitro benzene ring substituents is 1. The maximum absolute atomic E-state index is 13.1. The van der Waals surface area contributed by atoms with E-state index in [4.69, 9.17) is 20.8 Å². The van der Waals surface area contributed by atoms with Crippen LogP contribution in [0.25, 0.3) is 17.3 Å². The summed E-state index contributed by atoms with van der Waals surface area (Å²) in [7, 11) is 1.62. The molecule has 0 bridgehead atoms. The van der Waals surface area contributed by atoms with Crippen molar-refractivity contribution in [1.29, 1.82) is 0 Å². The molecule has 2 aromatic carbocycles. The van der Waals surface area contributed by atoms with Gasteiger partial charge in [-0.1, -0.05) is 23.4 Å². The van der Waals surface area contributed by atoms with Gasteiger partial charge < -0.3 is 19.0 Å². The fourth-order valence-corrected chi connectivity index (χ4v) is 6.23. The molecule has 230 valence electrons. The maximum atomic E-state index is 13.1. The summed E-state index contributed by atoms with van der Waals surface area (Å²) >= 11 is 7.74. The Morgan fingerprint density at radius 3 is 2.59 bits per heavy atom. The van der Waals surface area contributed by atoms with Crippen LogP contribution in [0, 0.1) is 10.1 Å². The number of rotatable bonds is 11. The number of hydrogen-bond acceptors (Lipinski definition) is 9. The lowest BCUT2D eigenvalue weighted by Gasteiger charge is -2.40. The molecule has 1 aliphatic rings. The zero-order valence-corrected chi connectivity index (χ0v) is 25.8. The first-order chi connectivity index (χ1) is 21.3. The number of carbonyl (C=O) groups excluding carboxylic acids is 2. The minimum atomic E-state index is -0.557. The third kappa shape index (κ3) is 6.89. The molecule has 3 heterocycles. The number of piperazine rings is 1. The van der Waals surface area contributed by atoms with Crippen molar-refractivity contribution in [3.63, 3.8) is 0 Å². The van der Waals surface area contributed by atoms with Gasteiger partial charge in [-0.3, -0.25) is 24.3 Å². The number of ether oxygens (including phenoxy) is 1. The number of carbonyl (C=O) groups is 2. The van der Waals surface area contributed by atoms with E-state index >= 15 is 0 Å². The van der Waals surface area contributed by atoms with Gasteiger partial charge in [-0.15, -0.1) is 10.2 Å². The van der Waals surface area contributed by atoms with Crippen LogP contribution in [0.5, 0.6) is 5.75 Å². The van der Waals surface area contributed by atoms with Crippen molar-refractivity contribution in [3.05, 3.63) is 81.6 Å². The molecule has 1 fully saturated rings. The van der Waals surface area contributed by atoms with Gasteiger partial charge in [0.15, 0.2) is 10.9 Å². The van der Waals surface area contributed by atoms with Crippen LogP contribution in [0.2, 0.25) is 5.02 Å². The molecule has 0 aliphatic carbocycles. The van der Waals surface area contributed by atoms with Crippen LogP contribution in [0.1, 0.15) is 36.5 Å². The molecule has 0 N–H and O–H groups in total. The lowest BCUT2D eigenvalue weighted by molar-refractivity contribution is -0.384. The van der Waals surface area contributed by atoms with E-state index in [0.29, 0.717) is 44.1 Å². The van der Waals surface area contributed by atoms with E-state index in [-0.39, 0.29) is 34.1 Å². The van der Waals surface area contributed by atoms with Crippen molar-refractivity contribution >= 4 is 40.9 Å². The van der Waals surface area contributed by atoms with Crippen LogP contribution >= 0.6 is 23.4 Å². The number of nitrogens with zero attached hydrogens (tertiary/aromatic N) is 6. The summed E-state index contributed by atoms with van der Waals surface area (Å²) in [6.45, 7) is 3.05. The molecule has 44 heavy (non-hydrogen) atoms. The summed E-state index contributed by atoms with van der Waals surface area (Å²) in [4.78, 5) is 40.0. The van der Waals surface area contributed by atoms with Gasteiger partial charge in [0.1, 0.15) is 5.75 Å². The van der Waals surface area contributed by atoms with Crippen molar-refractivity contribution < 1.29 is 23.7 Å². The molecule has 12 nitrogen and oxygen atoms in total. The lowest BCUT2D eigenvalue weighted by atomic mass is 10.1. The lowest BCUT2D eigenvalue weighted by Crippen LogP contribution is -2.55. The third-order valence-corrected chi connectivity index (χ3v) is 8.68. The van der Waals surface area contributed by atoms with Crippen LogP contribution < -0.4 is 4.74 Å². The quantitative estimate of drug-likeness (QED) is 0.0872. The average Bonchev–Trinajstić information content (AvgIpc) is 3.71. The van der Waals surface area contributed by atoms with Crippen molar-refractivity contribution in [2.45, 2.75) is 37.4 Å². The van der Waals surface area contributed by atoms with Crippen LogP contribution in [-0.2, 0) is 4.79 Å². The van der Waals surface area contributed by atoms with E-state index in [1.165, 1.54) is 18.2 Å². The smallest absolute Gasteiger partial charge is 0.270 e. The molecule has 0 radical (unpaired) electrons. The van der Waals surface area contributed by atoms with Crippen molar-refractivity contribution in [2.24, 2.45) is 0 Å². The van der Waals surface area contributed by atoms with E-state index in [0.717, 1.165) is 28.8 Å². The van der Waals surface area contributed by atoms with E-state index in [1.54, 1.807) is 41.0 Å². The maximum Gasteiger partial charge on any atom is 0.270 e. The van der Waals surface area contributed by atoms with Crippen LogP contribution in [0.3, 0.4) is 0 Å². The van der Waals surface area contributed by atoms with Crippen molar-refractivity contribution in [3.8, 4) is 23.0 Å². The number of halogens is 1. The molecule has 2 amide bonds. The first-order valence-corrected chi connectivity index (χ1v) is 15.4. The number of methoxy groups -OCH3 is 1. The Bertz CT molecular complexity index is 1630. The molecule has 5 rings (SSSR count). The minimum absolute atomic E-state index is 0.0345. The summed E-state index contributed by atoms with van der Waals surface area (Å²) in [6, 6.07) is 14.9. The molecule has 14 heteroatoms. The molecule has 0 saturated carbocycles. The van der Waals surface area contributed by atoms with Gasteiger partial charge in [-0.25, -0.2) is 0 Å². The number of nitro groups is 1. The number of unbranched alkanes of at least 4 members (excludes halogenated alkanes) is 1. The number of hydrogen-bond donors (Lipinski definition) is 0. The second-order valence-corrected chi connectivity index (χ2v) is 11.7. The monoisotopic (exact) mass is 638 g/mol. The summed E-state index contributed by atoms with van der Waals surface area (Å²) in [5.41, 5.74) is 0.911. The zero-order valence-electron chi connectivity index (χ0n) is 24.2. The van der Waals surface area contributed by atoms with Gasteiger partial charge in [0.2, 0.25) is 11.7 Å². The average molecular weight is 639 g/mol.